The fraction of sp³-hybridized carbons (Fsp3) is 0. The zero-order valence-electron chi connectivity index (χ0n) is 9.59. The Labute approximate surface area is 117 Å². The molecular formula is C14H12N2S2. The molecular weight excluding hydrogens is 260 g/mol. The van der Waals surface area contributed by atoms with E-state index in [-0.39, 0.29) is 0 Å². The molecule has 0 aromatic heterocycles. The fourth-order valence-corrected chi connectivity index (χ4v) is 1.81. The molecule has 90 valence electrons. The quantitative estimate of drug-likeness (QED) is 0.648. The molecule has 0 radical (unpaired) electrons. The molecule has 0 aliphatic heterocycles. The fourth-order valence-electron chi connectivity index (χ4n) is 1.44. The van der Waals surface area contributed by atoms with Gasteiger partial charge in [-0.1, -0.05) is 85.1 Å². The van der Waals surface area contributed by atoms with Crippen molar-refractivity contribution in [2.45, 2.75) is 0 Å². The molecule has 2 aromatic carbocycles. The Morgan fingerprint density at radius 2 is 0.944 bits per heavy atom. The summed E-state index contributed by atoms with van der Waals surface area (Å²) in [6.45, 7) is 0. The third-order valence-corrected chi connectivity index (χ3v) is 3.04. The first-order chi connectivity index (χ1) is 8.77. The van der Waals surface area contributed by atoms with E-state index in [0.29, 0.717) is 9.98 Å². The molecule has 2 nitrogen and oxygen atoms in total. The Hall–Kier alpha value is -1.78. The van der Waals surface area contributed by atoms with Crippen LogP contribution in [0.5, 0.6) is 0 Å². The van der Waals surface area contributed by atoms with Crippen LogP contribution in [-0.2, 0) is 0 Å². The summed E-state index contributed by atoms with van der Waals surface area (Å²) in [5.74, 6) is 0. The smallest absolute Gasteiger partial charge is 0.125 e. The lowest BCUT2D eigenvalue weighted by Gasteiger charge is -2.11. The van der Waals surface area contributed by atoms with Crippen LogP contribution in [-0.4, -0.2) is 9.98 Å². The van der Waals surface area contributed by atoms with Gasteiger partial charge in [0.05, 0.1) is 0 Å². The second kappa shape index (κ2) is 6.23. The van der Waals surface area contributed by atoms with Gasteiger partial charge >= 0.3 is 0 Å². The molecule has 0 heterocycles. The van der Waals surface area contributed by atoms with Crippen molar-refractivity contribution in [3.05, 3.63) is 71.8 Å². The average Bonchev–Trinajstić information content (AvgIpc) is 2.46. The number of thiocarbonyl (C=S) groups is 2. The van der Waals surface area contributed by atoms with Crippen LogP contribution >= 0.6 is 24.4 Å². The largest absolute Gasteiger partial charge is 0.289 e. The molecule has 2 N–H and O–H groups in total. The summed E-state index contributed by atoms with van der Waals surface area (Å²) in [6.07, 6.45) is 0. The van der Waals surface area contributed by atoms with Gasteiger partial charge in [0.2, 0.25) is 0 Å². The molecule has 0 saturated carbocycles. The van der Waals surface area contributed by atoms with Gasteiger partial charge in [0, 0.05) is 11.1 Å². The third-order valence-electron chi connectivity index (χ3n) is 2.36. The van der Waals surface area contributed by atoms with Gasteiger partial charge < -0.3 is 0 Å². The van der Waals surface area contributed by atoms with Crippen LogP contribution in [0.15, 0.2) is 60.7 Å². The summed E-state index contributed by atoms with van der Waals surface area (Å²) in [4.78, 5) is 1.24. The molecule has 0 saturated heterocycles. The van der Waals surface area contributed by atoms with Crippen LogP contribution < -0.4 is 10.9 Å². The van der Waals surface area contributed by atoms with Crippen molar-refractivity contribution in [1.29, 1.82) is 0 Å². The highest BCUT2D eigenvalue weighted by molar-refractivity contribution is 7.81. The monoisotopic (exact) mass is 272 g/mol. The van der Waals surface area contributed by atoms with Crippen molar-refractivity contribution in [2.75, 3.05) is 0 Å². The molecule has 0 atom stereocenters. The number of benzene rings is 2. The van der Waals surface area contributed by atoms with Gasteiger partial charge in [0.15, 0.2) is 0 Å². The second-order valence-electron chi connectivity index (χ2n) is 3.64. The van der Waals surface area contributed by atoms with E-state index in [0.717, 1.165) is 11.1 Å². The van der Waals surface area contributed by atoms with E-state index in [1.807, 2.05) is 60.7 Å². The standard InChI is InChI=1S/C14H12N2S2/c17-13(11-7-3-1-4-8-11)15-16-14(18)12-9-5-2-6-10-12/h1-10H,(H,15,17)(H,16,18). The SMILES string of the molecule is S=C(NNC(=S)c1ccccc1)c1ccccc1. The molecule has 0 spiro atoms. The number of rotatable bonds is 2. The minimum atomic E-state index is 0.619. The second-order valence-corrected chi connectivity index (χ2v) is 4.46. The zero-order valence-corrected chi connectivity index (χ0v) is 11.2. The van der Waals surface area contributed by atoms with Gasteiger partial charge in [-0.05, 0) is 0 Å². The molecule has 0 bridgehead atoms. The molecule has 18 heavy (non-hydrogen) atoms. The van der Waals surface area contributed by atoms with Crippen LogP contribution in [0, 0.1) is 0 Å². The molecule has 2 rings (SSSR count). The number of hydrogen-bond donors (Lipinski definition) is 2. The van der Waals surface area contributed by atoms with Crippen molar-refractivity contribution in [3.63, 3.8) is 0 Å². The van der Waals surface area contributed by atoms with E-state index < -0.39 is 0 Å². The normalized spacial score (nSPS) is 9.56. The average molecular weight is 272 g/mol. The zero-order chi connectivity index (χ0) is 12.8. The summed E-state index contributed by atoms with van der Waals surface area (Å²) in [7, 11) is 0. The lowest BCUT2D eigenvalue weighted by Crippen LogP contribution is -2.40. The van der Waals surface area contributed by atoms with E-state index in [4.69, 9.17) is 24.4 Å². The number of nitrogens with one attached hydrogen (secondary N) is 2. The Balaban J connectivity index is 1.93. The van der Waals surface area contributed by atoms with E-state index in [1.54, 1.807) is 0 Å². The van der Waals surface area contributed by atoms with Crippen LogP contribution in [0.2, 0.25) is 0 Å². The summed E-state index contributed by atoms with van der Waals surface area (Å²) in [5, 5.41) is 0. The van der Waals surface area contributed by atoms with Gasteiger partial charge in [-0.15, -0.1) is 0 Å². The summed E-state index contributed by atoms with van der Waals surface area (Å²) in [5.41, 5.74) is 7.78. The molecule has 0 unspecified atom stereocenters. The van der Waals surface area contributed by atoms with Gasteiger partial charge in [-0.2, -0.15) is 0 Å². The van der Waals surface area contributed by atoms with Crippen LogP contribution in [0.4, 0.5) is 0 Å². The summed E-state index contributed by atoms with van der Waals surface area (Å²) >= 11 is 10.5. The first-order valence-corrected chi connectivity index (χ1v) is 6.30. The van der Waals surface area contributed by atoms with E-state index in [2.05, 4.69) is 10.9 Å². The van der Waals surface area contributed by atoms with Crippen molar-refractivity contribution in [1.82, 2.24) is 10.9 Å². The molecule has 0 amide bonds. The Morgan fingerprint density at radius 3 is 1.28 bits per heavy atom. The molecule has 0 aliphatic carbocycles. The lowest BCUT2D eigenvalue weighted by molar-refractivity contribution is 0.891. The first kappa shape index (κ1) is 12.7. The first-order valence-electron chi connectivity index (χ1n) is 5.48. The van der Waals surface area contributed by atoms with Crippen molar-refractivity contribution in [2.24, 2.45) is 0 Å². The Kier molecular flexibility index (Phi) is 4.39. The maximum absolute atomic E-state index is 5.26. The van der Waals surface area contributed by atoms with Crippen LogP contribution in [0.1, 0.15) is 11.1 Å². The van der Waals surface area contributed by atoms with E-state index in [9.17, 15) is 0 Å². The summed E-state index contributed by atoms with van der Waals surface area (Å²) < 4.78 is 0. The predicted molar refractivity (Wildman–Crippen MR) is 82.6 cm³/mol. The van der Waals surface area contributed by atoms with Crippen LogP contribution in [0.25, 0.3) is 0 Å². The highest BCUT2D eigenvalue weighted by atomic mass is 32.1. The third kappa shape index (κ3) is 3.35. The van der Waals surface area contributed by atoms with E-state index >= 15 is 0 Å². The minimum Gasteiger partial charge on any atom is -0.289 e. The van der Waals surface area contributed by atoms with Crippen molar-refractivity contribution in [3.8, 4) is 0 Å². The maximum atomic E-state index is 5.26. The maximum Gasteiger partial charge on any atom is 0.125 e. The van der Waals surface area contributed by atoms with Gasteiger partial charge in [0.1, 0.15) is 9.98 Å². The highest BCUT2D eigenvalue weighted by Gasteiger charge is 2.02. The van der Waals surface area contributed by atoms with Crippen LogP contribution in [0.3, 0.4) is 0 Å². The Morgan fingerprint density at radius 1 is 0.611 bits per heavy atom. The minimum absolute atomic E-state index is 0.619. The molecule has 4 heteroatoms. The van der Waals surface area contributed by atoms with Gasteiger partial charge in [-0.25, -0.2) is 0 Å². The van der Waals surface area contributed by atoms with Gasteiger partial charge in [-0.3, -0.25) is 10.9 Å². The molecule has 2 aromatic rings. The van der Waals surface area contributed by atoms with Crippen molar-refractivity contribution >= 4 is 34.4 Å². The van der Waals surface area contributed by atoms with Crippen molar-refractivity contribution < 1.29 is 0 Å². The van der Waals surface area contributed by atoms with Gasteiger partial charge in [0.25, 0.3) is 0 Å². The number of hydrazine groups is 1. The number of hydrogen-bond acceptors (Lipinski definition) is 2. The predicted octanol–water partition coefficient (Wildman–Crippen LogP) is 2.83. The lowest BCUT2D eigenvalue weighted by atomic mass is 10.2. The molecule has 0 fully saturated rings. The Bertz CT molecular complexity index is 487. The topological polar surface area (TPSA) is 24.1 Å². The highest BCUT2D eigenvalue weighted by Crippen LogP contribution is 2.00. The summed E-state index contributed by atoms with van der Waals surface area (Å²) in [6, 6.07) is 19.5. The van der Waals surface area contributed by atoms with E-state index in [1.165, 1.54) is 0 Å². The molecule has 0 aliphatic rings.